The molecule has 0 saturated carbocycles. The predicted octanol–water partition coefficient (Wildman–Crippen LogP) is 2.15. The lowest BCUT2D eigenvalue weighted by molar-refractivity contribution is -0.125. The average molecular weight is 307 g/mol. The van der Waals surface area contributed by atoms with E-state index in [0.717, 1.165) is 17.0 Å². The van der Waals surface area contributed by atoms with E-state index in [2.05, 4.69) is 10.4 Å². The van der Waals surface area contributed by atoms with Gasteiger partial charge in [-0.15, -0.1) is 0 Å². The number of carbonyl (C=O) groups excluding carboxylic acids is 1. The summed E-state index contributed by atoms with van der Waals surface area (Å²) >= 11 is 1.52. The highest BCUT2D eigenvalue weighted by molar-refractivity contribution is 7.08. The van der Waals surface area contributed by atoms with Gasteiger partial charge in [-0.2, -0.15) is 16.4 Å². The summed E-state index contributed by atoms with van der Waals surface area (Å²) in [4.78, 5) is 12.2. The van der Waals surface area contributed by atoms with Gasteiger partial charge in [-0.05, 0) is 56.2 Å². The molecule has 0 unspecified atom stereocenters. The number of hydrogen-bond acceptors (Lipinski definition) is 4. The largest absolute Gasteiger partial charge is 0.384 e. The van der Waals surface area contributed by atoms with Crippen LogP contribution < -0.4 is 5.32 Å². The number of nitrogens with one attached hydrogen (secondary N) is 1. The third-order valence-corrected chi connectivity index (χ3v) is 4.22. The first-order valence-electron chi connectivity index (χ1n) is 6.87. The SMILES string of the molecule is Cc1cc(C)n([C@@H](C)C(=O)NC[C@](C)(O)c2ccsc2)n1. The fourth-order valence-corrected chi connectivity index (χ4v) is 3.01. The van der Waals surface area contributed by atoms with Crippen LogP contribution in [0.5, 0.6) is 0 Å². The van der Waals surface area contributed by atoms with Gasteiger partial charge < -0.3 is 10.4 Å². The van der Waals surface area contributed by atoms with Crippen LogP contribution in [0.2, 0.25) is 0 Å². The summed E-state index contributed by atoms with van der Waals surface area (Å²) in [6.45, 7) is 7.49. The molecule has 2 aromatic heterocycles. The number of aromatic nitrogens is 2. The Bertz CT molecular complexity index is 617. The molecule has 2 atom stereocenters. The van der Waals surface area contributed by atoms with E-state index in [4.69, 9.17) is 0 Å². The summed E-state index contributed by atoms with van der Waals surface area (Å²) in [7, 11) is 0. The first-order valence-corrected chi connectivity index (χ1v) is 7.81. The molecule has 0 aliphatic rings. The van der Waals surface area contributed by atoms with E-state index < -0.39 is 11.6 Å². The Hall–Kier alpha value is -1.66. The maximum atomic E-state index is 12.2. The lowest BCUT2D eigenvalue weighted by atomic mass is 9.99. The topological polar surface area (TPSA) is 67.2 Å². The Morgan fingerprint density at radius 1 is 1.57 bits per heavy atom. The van der Waals surface area contributed by atoms with Crippen LogP contribution in [-0.2, 0) is 10.4 Å². The van der Waals surface area contributed by atoms with E-state index in [0.29, 0.717) is 0 Å². The van der Waals surface area contributed by atoms with Crippen molar-refractivity contribution < 1.29 is 9.90 Å². The van der Waals surface area contributed by atoms with E-state index in [-0.39, 0.29) is 12.5 Å². The van der Waals surface area contributed by atoms with Crippen LogP contribution >= 0.6 is 11.3 Å². The molecular formula is C15H21N3O2S. The highest BCUT2D eigenvalue weighted by Crippen LogP contribution is 2.22. The summed E-state index contributed by atoms with van der Waals surface area (Å²) in [6.07, 6.45) is 0. The van der Waals surface area contributed by atoms with E-state index in [1.54, 1.807) is 18.5 Å². The number of hydrogen-bond donors (Lipinski definition) is 2. The molecule has 0 spiro atoms. The second kappa shape index (κ2) is 5.99. The van der Waals surface area contributed by atoms with Crippen LogP contribution in [0, 0.1) is 13.8 Å². The number of aryl methyl sites for hydroxylation is 2. The van der Waals surface area contributed by atoms with Crippen molar-refractivity contribution in [2.75, 3.05) is 6.54 Å². The zero-order valence-electron chi connectivity index (χ0n) is 12.8. The van der Waals surface area contributed by atoms with Gasteiger partial charge in [0, 0.05) is 5.69 Å². The third-order valence-electron chi connectivity index (χ3n) is 3.54. The summed E-state index contributed by atoms with van der Waals surface area (Å²) in [5, 5.41) is 21.3. The van der Waals surface area contributed by atoms with Crippen molar-refractivity contribution in [3.63, 3.8) is 0 Å². The van der Waals surface area contributed by atoms with E-state index in [1.165, 1.54) is 11.3 Å². The Morgan fingerprint density at radius 3 is 2.81 bits per heavy atom. The summed E-state index contributed by atoms with van der Waals surface area (Å²) in [5.74, 6) is -0.156. The Morgan fingerprint density at radius 2 is 2.29 bits per heavy atom. The van der Waals surface area contributed by atoms with Gasteiger partial charge in [0.25, 0.3) is 0 Å². The fourth-order valence-electron chi connectivity index (χ4n) is 2.23. The minimum atomic E-state index is -1.07. The Labute approximate surface area is 128 Å². The highest BCUT2D eigenvalue weighted by atomic mass is 32.1. The van der Waals surface area contributed by atoms with Crippen LogP contribution in [0.3, 0.4) is 0 Å². The van der Waals surface area contributed by atoms with Crippen LogP contribution in [0.1, 0.15) is 36.8 Å². The van der Waals surface area contributed by atoms with Crippen LogP contribution in [-0.4, -0.2) is 27.3 Å². The van der Waals surface area contributed by atoms with Crippen molar-refractivity contribution in [3.05, 3.63) is 39.8 Å². The minimum absolute atomic E-state index is 0.156. The summed E-state index contributed by atoms with van der Waals surface area (Å²) in [6, 6.07) is 3.39. The number of rotatable bonds is 5. The predicted molar refractivity (Wildman–Crippen MR) is 83.3 cm³/mol. The standard InChI is InChI=1S/C15H21N3O2S/c1-10-7-11(2)18(17-10)12(3)14(19)16-9-15(4,20)13-5-6-21-8-13/h5-8,12,20H,9H2,1-4H3,(H,16,19)/t12-,15-/m0/s1. The number of carbonyl (C=O) groups is 1. The normalized spacial score (nSPS) is 15.5. The van der Waals surface area contributed by atoms with Crippen molar-refractivity contribution in [3.8, 4) is 0 Å². The number of amides is 1. The zero-order valence-corrected chi connectivity index (χ0v) is 13.6. The zero-order chi connectivity index (χ0) is 15.6. The van der Waals surface area contributed by atoms with Gasteiger partial charge in [0.1, 0.15) is 11.6 Å². The van der Waals surface area contributed by atoms with Crippen molar-refractivity contribution in [2.45, 2.75) is 39.3 Å². The van der Waals surface area contributed by atoms with Gasteiger partial charge in [-0.25, -0.2) is 0 Å². The molecular weight excluding hydrogens is 286 g/mol. The maximum Gasteiger partial charge on any atom is 0.244 e. The molecule has 5 nitrogen and oxygen atoms in total. The Kier molecular flexibility index (Phi) is 4.49. The highest BCUT2D eigenvalue weighted by Gasteiger charge is 2.26. The number of aliphatic hydroxyl groups is 1. The molecule has 2 heterocycles. The molecule has 1 amide bonds. The smallest absolute Gasteiger partial charge is 0.244 e. The maximum absolute atomic E-state index is 12.2. The van der Waals surface area contributed by atoms with Gasteiger partial charge in [0.2, 0.25) is 5.91 Å². The first kappa shape index (κ1) is 15.7. The van der Waals surface area contributed by atoms with Gasteiger partial charge in [-0.3, -0.25) is 9.48 Å². The molecule has 0 radical (unpaired) electrons. The quantitative estimate of drug-likeness (QED) is 0.889. The van der Waals surface area contributed by atoms with Crippen molar-refractivity contribution in [1.29, 1.82) is 0 Å². The van der Waals surface area contributed by atoms with E-state index in [9.17, 15) is 9.90 Å². The molecule has 2 N–H and O–H groups in total. The van der Waals surface area contributed by atoms with Crippen molar-refractivity contribution in [2.24, 2.45) is 0 Å². The van der Waals surface area contributed by atoms with E-state index >= 15 is 0 Å². The molecule has 21 heavy (non-hydrogen) atoms. The molecule has 0 aliphatic heterocycles. The molecule has 2 rings (SSSR count). The number of thiophene rings is 1. The monoisotopic (exact) mass is 307 g/mol. The van der Waals surface area contributed by atoms with Crippen LogP contribution in [0.15, 0.2) is 22.9 Å². The molecule has 2 aromatic rings. The van der Waals surface area contributed by atoms with Crippen molar-refractivity contribution in [1.82, 2.24) is 15.1 Å². The third kappa shape index (κ3) is 3.51. The summed E-state index contributed by atoms with van der Waals surface area (Å²) < 4.78 is 1.70. The second-order valence-corrected chi connectivity index (χ2v) is 6.33. The molecule has 0 aliphatic carbocycles. The van der Waals surface area contributed by atoms with Gasteiger partial charge >= 0.3 is 0 Å². The molecule has 0 aromatic carbocycles. The van der Waals surface area contributed by atoms with Crippen LogP contribution in [0.25, 0.3) is 0 Å². The lowest BCUT2D eigenvalue weighted by Crippen LogP contribution is -2.41. The van der Waals surface area contributed by atoms with Gasteiger partial charge in [0.15, 0.2) is 0 Å². The minimum Gasteiger partial charge on any atom is -0.384 e. The second-order valence-electron chi connectivity index (χ2n) is 5.55. The van der Waals surface area contributed by atoms with Crippen LogP contribution in [0.4, 0.5) is 0 Å². The first-order chi connectivity index (χ1) is 9.81. The average Bonchev–Trinajstić information content (AvgIpc) is 3.05. The molecule has 0 saturated heterocycles. The molecule has 6 heteroatoms. The van der Waals surface area contributed by atoms with Crippen molar-refractivity contribution >= 4 is 17.2 Å². The molecule has 114 valence electrons. The Balaban J connectivity index is 2.00. The molecule has 0 bridgehead atoms. The molecule has 0 fully saturated rings. The van der Waals surface area contributed by atoms with Gasteiger partial charge in [0.05, 0.1) is 12.2 Å². The lowest BCUT2D eigenvalue weighted by Gasteiger charge is -2.24. The van der Waals surface area contributed by atoms with Gasteiger partial charge in [-0.1, -0.05) is 0 Å². The van der Waals surface area contributed by atoms with E-state index in [1.807, 2.05) is 36.7 Å². The fraction of sp³-hybridized carbons (Fsp3) is 0.467. The number of nitrogens with zero attached hydrogens (tertiary/aromatic N) is 2. The summed E-state index contributed by atoms with van der Waals surface area (Å²) in [5.41, 5.74) is 1.58.